The Morgan fingerprint density at radius 2 is 1.70 bits per heavy atom. The average Bonchev–Trinajstić information content (AvgIpc) is 3.42. The lowest BCUT2D eigenvalue weighted by Gasteiger charge is -2.36. The molecule has 33 heavy (non-hydrogen) atoms. The third-order valence-electron chi connectivity index (χ3n) is 5.91. The van der Waals surface area contributed by atoms with E-state index in [4.69, 9.17) is 4.74 Å². The summed E-state index contributed by atoms with van der Waals surface area (Å²) in [5.74, 6) is 1.32. The Labute approximate surface area is 191 Å². The lowest BCUT2D eigenvalue weighted by atomic mass is 9.73. The molecule has 0 unspecified atom stereocenters. The van der Waals surface area contributed by atoms with Crippen LogP contribution >= 0.6 is 0 Å². The van der Waals surface area contributed by atoms with E-state index in [0.717, 1.165) is 16.9 Å². The number of carbonyl (C=O) groups is 1. The summed E-state index contributed by atoms with van der Waals surface area (Å²) in [5.41, 5.74) is 2.04. The Balaban J connectivity index is 1.30. The predicted molar refractivity (Wildman–Crippen MR) is 126 cm³/mol. The van der Waals surface area contributed by atoms with Gasteiger partial charge in [0.05, 0.1) is 5.41 Å². The van der Waals surface area contributed by atoms with Crippen LogP contribution in [0.3, 0.4) is 0 Å². The second-order valence-corrected chi connectivity index (χ2v) is 7.93. The first-order valence-electron chi connectivity index (χ1n) is 10.9. The molecule has 0 aliphatic carbocycles. The molecule has 5 rings (SSSR count). The van der Waals surface area contributed by atoms with Crippen molar-refractivity contribution in [1.29, 1.82) is 0 Å². The zero-order valence-electron chi connectivity index (χ0n) is 18.0. The van der Waals surface area contributed by atoms with Gasteiger partial charge in [-0.1, -0.05) is 30.3 Å². The van der Waals surface area contributed by atoms with Gasteiger partial charge < -0.3 is 15.4 Å². The molecule has 2 N–H and O–H groups in total. The predicted octanol–water partition coefficient (Wildman–Crippen LogP) is 4.09. The number of carbonyl (C=O) groups excluding carboxylic acids is 1. The van der Waals surface area contributed by atoms with E-state index in [1.54, 1.807) is 10.9 Å². The minimum atomic E-state index is -0.583. The molecule has 8 heteroatoms. The normalized spacial score (nSPS) is 15.0. The number of nitrogens with one attached hydrogen (secondary N) is 2. The van der Waals surface area contributed by atoms with E-state index < -0.39 is 5.41 Å². The highest BCUT2D eigenvalue weighted by atomic mass is 16.5. The van der Waals surface area contributed by atoms with Crippen LogP contribution in [0.2, 0.25) is 0 Å². The summed E-state index contributed by atoms with van der Waals surface area (Å²) >= 11 is 0. The summed E-state index contributed by atoms with van der Waals surface area (Å²) in [5, 5.41) is 10.6. The Kier molecular flexibility index (Phi) is 5.82. The van der Waals surface area contributed by atoms with Gasteiger partial charge in [-0.2, -0.15) is 5.10 Å². The average molecular weight is 441 g/mol. The summed E-state index contributed by atoms with van der Waals surface area (Å²) < 4.78 is 7.22. The van der Waals surface area contributed by atoms with Crippen LogP contribution in [0.4, 0.5) is 17.2 Å². The van der Waals surface area contributed by atoms with Gasteiger partial charge in [0.2, 0.25) is 5.91 Å². The quantitative estimate of drug-likeness (QED) is 0.469. The highest BCUT2D eigenvalue weighted by molar-refractivity contribution is 5.99. The van der Waals surface area contributed by atoms with E-state index in [9.17, 15) is 4.79 Å². The lowest BCUT2D eigenvalue weighted by molar-refractivity contribution is -0.125. The first kappa shape index (κ1) is 20.8. The summed E-state index contributed by atoms with van der Waals surface area (Å²) in [6.07, 6.45) is 6.34. The number of ether oxygens (including phenoxy) is 1. The van der Waals surface area contributed by atoms with E-state index in [0.29, 0.717) is 37.7 Å². The van der Waals surface area contributed by atoms with E-state index >= 15 is 0 Å². The molecule has 8 nitrogen and oxygen atoms in total. The van der Waals surface area contributed by atoms with Crippen LogP contribution in [-0.2, 0) is 14.9 Å². The summed E-state index contributed by atoms with van der Waals surface area (Å²) in [7, 11) is 0. The molecule has 1 aliphatic rings. The smallest absolute Gasteiger partial charge is 0.235 e. The van der Waals surface area contributed by atoms with Crippen LogP contribution in [0.25, 0.3) is 5.82 Å². The fourth-order valence-electron chi connectivity index (χ4n) is 4.10. The highest BCUT2D eigenvalue weighted by Crippen LogP contribution is 2.36. The van der Waals surface area contributed by atoms with Gasteiger partial charge in [0, 0.05) is 43.0 Å². The molecular weight excluding hydrogens is 416 g/mol. The minimum Gasteiger partial charge on any atom is -0.381 e. The van der Waals surface area contributed by atoms with E-state index in [1.165, 1.54) is 6.33 Å². The van der Waals surface area contributed by atoms with E-state index in [1.807, 2.05) is 72.9 Å². The molecule has 1 fully saturated rings. The Morgan fingerprint density at radius 1 is 0.939 bits per heavy atom. The van der Waals surface area contributed by atoms with Crippen LogP contribution in [0.5, 0.6) is 0 Å². The number of aromatic nitrogens is 4. The molecule has 2 aromatic carbocycles. The van der Waals surface area contributed by atoms with Gasteiger partial charge in [-0.25, -0.2) is 14.6 Å². The molecule has 2 aromatic heterocycles. The fourth-order valence-corrected chi connectivity index (χ4v) is 4.10. The Morgan fingerprint density at radius 3 is 2.42 bits per heavy atom. The van der Waals surface area contributed by atoms with Gasteiger partial charge in [-0.05, 0) is 48.7 Å². The summed E-state index contributed by atoms with van der Waals surface area (Å²) in [6, 6.07) is 21.2. The van der Waals surface area contributed by atoms with Gasteiger partial charge >= 0.3 is 0 Å². The van der Waals surface area contributed by atoms with Crippen LogP contribution in [0.15, 0.2) is 85.5 Å². The Hall–Kier alpha value is -4.04. The number of hydrogen-bond acceptors (Lipinski definition) is 6. The van der Waals surface area contributed by atoms with Crippen molar-refractivity contribution in [2.75, 3.05) is 23.8 Å². The maximum atomic E-state index is 13.4. The van der Waals surface area contributed by atoms with Crippen LogP contribution in [0, 0.1) is 0 Å². The van der Waals surface area contributed by atoms with Gasteiger partial charge in [0.15, 0.2) is 5.82 Å². The first-order valence-corrected chi connectivity index (χ1v) is 10.9. The minimum absolute atomic E-state index is 0.00243. The monoisotopic (exact) mass is 440 g/mol. The topological polar surface area (TPSA) is 94.0 Å². The number of rotatable bonds is 6. The van der Waals surface area contributed by atoms with Gasteiger partial charge in [-0.3, -0.25) is 4.79 Å². The number of amides is 1. The molecule has 4 aromatic rings. The zero-order valence-corrected chi connectivity index (χ0v) is 18.0. The van der Waals surface area contributed by atoms with E-state index in [-0.39, 0.29) is 5.91 Å². The molecule has 3 heterocycles. The van der Waals surface area contributed by atoms with Crippen molar-refractivity contribution in [3.63, 3.8) is 0 Å². The molecule has 0 spiro atoms. The summed E-state index contributed by atoms with van der Waals surface area (Å²) in [4.78, 5) is 21.9. The van der Waals surface area contributed by atoms with Crippen molar-refractivity contribution >= 4 is 23.1 Å². The highest BCUT2D eigenvalue weighted by Gasteiger charge is 2.41. The molecule has 1 saturated heterocycles. The number of benzene rings is 2. The van der Waals surface area contributed by atoms with E-state index in [2.05, 4.69) is 25.7 Å². The van der Waals surface area contributed by atoms with Crippen molar-refractivity contribution < 1.29 is 9.53 Å². The van der Waals surface area contributed by atoms with Crippen molar-refractivity contribution in [2.45, 2.75) is 18.3 Å². The maximum Gasteiger partial charge on any atom is 0.235 e. The number of hydrogen-bond donors (Lipinski definition) is 2. The summed E-state index contributed by atoms with van der Waals surface area (Å²) in [6.45, 7) is 1.15. The second-order valence-electron chi connectivity index (χ2n) is 7.93. The molecule has 166 valence electrons. The molecule has 1 aliphatic heterocycles. The molecule has 1 amide bonds. The largest absolute Gasteiger partial charge is 0.381 e. The van der Waals surface area contributed by atoms with Crippen LogP contribution < -0.4 is 10.6 Å². The molecule has 0 bridgehead atoms. The molecule has 0 radical (unpaired) electrons. The first-order chi connectivity index (χ1) is 16.2. The lowest BCUT2D eigenvalue weighted by Crippen LogP contribution is -2.44. The van der Waals surface area contributed by atoms with Gasteiger partial charge in [0.1, 0.15) is 12.1 Å². The van der Waals surface area contributed by atoms with Gasteiger partial charge in [-0.15, -0.1) is 0 Å². The standard InChI is InChI=1S/C25H24N6O2/c32-24(25(11-15-33-16-12-25)19-5-2-1-3-6-19)30-21-9-7-20(8-10-21)29-22-17-23(27-18-26-22)31-14-4-13-28-31/h1-10,13-14,17-18H,11-12,15-16H2,(H,30,32)(H,26,27,29). The zero-order chi connectivity index (χ0) is 22.5. The third-order valence-corrected chi connectivity index (χ3v) is 5.91. The third kappa shape index (κ3) is 4.47. The second kappa shape index (κ2) is 9.22. The number of anilines is 3. The van der Waals surface area contributed by atoms with Crippen molar-refractivity contribution in [2.24, 2.45) is 0 Å². The van der Waals surface area contributed by atoms with Crippen molar-refractivity contribution in [3.05, 3.63) is 91.0 Å². The Bertz CT molecular complexity index is 1200. The maximum absolute atomic E-state index is 13.4. The van der Waals surface area contributed by atoms with Gasteiger partial charge in [0.25, 0.3) is 0 Å². The van der Waals surface area contributed by atoms with Crippen LogP contribution in [-0.4, -0.2) is 38.9 Å². The van der Waals surface area contributed by atoms with Crippen LogP contribution in [0.1, 0.15) is 18.4 Å². The molecule has 0 saturated carbocycles. The number of nitrogens with zero attached hydrogens (tertiary/aromatic N) is 4. The SMILES string of the molecule is O=C(Nc1ccc(Nc2cc(-n3cccn3)ncn2)cc1)C1(c2ccccc2)CCOCC1. The van der Waals surface area contributed by atoms with Crippen molar-refractivity contribution in [1.82, 2.24) is 19.7 Å². The molecular formula is C25H24N6O2. The van der Waals surface area contributed by atoms with Crippen molar-refractivity contribution in [3.8, 4) is 5.82 Å². The fraction of sp³-hybridized carbons (Fsp3) is 0.200. The molecule has 0 atom stereocenters.